The number of rotatable bonds is 4. The summed E-state index contributed by atoms with van der Waals surface area (Å²) >= 11 is 0. The minimum absolute atomic E-state index is 0.101. The standard InChI is InChI=1S/C10H10O6S2/c1-7(17(11,12)13)9-3-5-10(6-4-9)8(2)18(14,15)16/h3-6H,1-2H2,(H,11,12,13)(H,14,15,16). The van der Waals surface area contributed by atoms with Gasteiger partial charge in [-0.15, -0.1) is 0 Å². The van der Waals surface area contributed by atoms with Gasteiger partial charge in [-0.2, -0.15) is 16.8 Å². The van der Waals surface area contributed by atoms with Crippen LogP contribution in [0.1, 0.15) is 11.1 Å². The van der Waals surface area contributed by atoms with Gasteiger partial charge in [-0.25, -0.2) is 0 Å². The summed E-state index contributed by atoms with van der Waals surface area (Å²) in [5.74, 6) is 0. The molecule has 0 aliphatic carbocycles. The van der Waals surface area contributed by atoms with Crippen LogP contribution >= 0.6 is 0 Å². The Bertz CT molecular complexity index is 632. The fourth-order valence-corrected chi connectivity index (χ4v) is 2.01. The third-order valence-electron chi connectivity index (χ3n) is 2.15. The molecule has 0 saturated heterocycles. The van der Waals surface area contributed by atoms with Crippen molar-refractivity contribution in [3.63, 3.8) is 0 Å². The summed E-state index contributed by atoms with van der Waals surface area (Å²) in [4.78, 5) is -1.02. The predicted octanol–water partition coefficient (Wildman–Crippen LogP) is 1.40. The van der Waals surface area contributed by atoms with Crippen molar-refractivity contribution in [3.05, 3.63) is 48.6 Å². The molecule has 0 unspecified atom stereocenters. The molecule has 1 aromatic rings. The molecule has 6 nitrogen and oxygen atoms in total. The van der Waals surface area contributed by atoms with Crippen LogP contribution in [0.2, 0.25) is 0 Å². The summed E-state index contributed by atoms with van der Waals surface area (Å²) in [6.07, 6.45) is 0. The molecule has 1 aromatic carbocycles. The minimum atomic E-state index is -4.40. The molecule has 0 bridgehead atoms. The summed E-state index contributed by atoms with van der Waals surface area (Å²) in [5, 5.41) is 0. The van der Waals surface area contributed by atoms with Crippen molar-refractivity contribution in [2.45, 2.75) is 0 Å². The van der Waals surface area contributed by atoms with Gasteiger partial charge in [-0.05, 0) is 11.1 Å². The smallest absolute Gasteiger partial charge is 0.282 e. The zero-order valence-corrected chi connectivity index (χ0v) is 10.7. The summed E-state index contributed by atoms with van der Waals surface area (Å²) in [7, 11) is -8.80. The highest BCUT2D eigenvalue weighted by Gasteiger charge is 2.16. The summed E-state index contributed by atoms with van der Waals surface area (Å²) in [6, 6.07) is 4.95. The van der Waals surface area contributed by atoms with Crippen molar-refractivity contribution < 1.29 is 25.9 Å². The average molecular weight is 290 g/mol. The molecular formula is C10H10O6S2. The Balaban J connectivity index is 3.17. The zero-order chi connectivity index (χ0) is 14.1. The molecular weight excluding hydrogens is 280 g/mol. The second-order valence-corrected chi connectivity index (χ2v) is 6.26. The minimum Gasteiger partial charge on any atom is -0.282 e. The molecule has 0 amide bonds. The summed E-state index contributed by atoms with van der Waals surface area (Å²) < 4.78 is 60.8. The predicted molar refractivity (Wildman–Crippen MR) is 67.6 cm³/mol. The maximum absolute atomic E-state index is 10.8. The van der Waals surface area contributed by atoms with Crippen molar-refractivity contribution in [2.75, 3.05) is 0 Å². The van der Waals surface area contributed by atoms with E-state index in [0.717, 1.165) is 0 Å². The van der Waals surface area contributed by atoms with E-state index in [9.17, 15) is 16.8 Å². The lowest BCUT2D eigenvalue weighted by Crippen LogP contribution is -2.01. The van der Waals surface area contributed by atoms with Crippen LogP contribution in [0.4, 0.5) is 0 Å². The highest BCUT2D eigenvalue weighted by Crippen LogP contribution is 2.22. The summed E-state index contributed by atoms with van der Waals surface area (Å²) in [5.41, 5.74) is 0.203. The lowest BCUT2D eigenvalue weighted by Gasteiger charge is -2.05. The van der Waals surface area contributed by atoms with Gasteiger partial charge in [0.1, 0.15) is 0 Å². The topological polar surface area (TPSA) is 109 Å². The second kappa shape index (κ2) is 4.65. The third-order valence-corrected chi connectivity index (χ3v) is 3.87. The van der Waals surface area contributed by atoms with E-state index < -0.39 is 30.0 Å². The van der Waals surface area contributed by atoms with Gasteiger partial charge in [0.15, 0.2) is 0 Å². The summed E-state index contributed by atoms with van der Waals surface area (Å²) in [6.45, 7) is 6.38. The Hall–Kier alpha value is -1.48. The highest BCUT2D eigenvalue weighted by molar-refractivity contribution is 7.95. The Morgan fingerprint density at radius 1 is 0.778 bits per heavy atom. The molecule has 0 fully saturated rings. The number of hydrogen-bond acceptors (Lipinski definition) is 4. The molecule has 0 aliphatic rings. The largest absolute Gasteiger partial charge is 0.294 e. The van der Waals surface area contributed by atoms with Crippen molar-refractivity contribution in [1.29, 1.82) is 0 Å². The molecule has 2 N–H and O–H groups in total. The fourth-order valence-electron chi connectivity index (χ4n) is 1.14. The van der Waals surface area contributed by atoms with E-state index in [1.807, 2.05) is 0 Å². The van der Waals surface area contributed by atoms with Crippen LogP contribution in [0.3, 0.4) is 0 Å². The van der Waals surface area contributed by atoms with Gasteiger partial charge >= 0.3 is 0 Å². The SMILES string of the molecule is C=C(c1ccc(C(=C)S(=O)(=O)O)cc1)S(=O)(=O)O. The Kier molecular flexibility index (Phi) is 3.77. The maximum atomic E-state index is 10.8. The monoisotopic (exact) mass is 290 g/mol. The Morgan fingerprint density at radius 2 is 1.00 bits per heavy atom. The van der Waals surface area contributed by atoms with Crippen molar-refractivity contribution >= 4 is 30.0 Å². The van der Waals surface area contributed by atoms with Gasteiger partial charge in [0.2, 0.25) is 0 Å². The molecule has 0 aromatic heterocycles. The molecule has 98 valence electrons. The molecule has 0 aliphatic heterocycles. The Morgan fingerprint density at radius 3 is 1.17 bits per heavy atom. The highest BCUT2D eigenvalue weighted by atomic mass is 32.2. The van der Waals surface area contributed by atoms with E-state index in [4.69, 9.17) is 9.11 Å². The van der Waals surface area contributed by atoms with Crippen LogP contribution in [0.15, 0.2) is 37.4 Å². The van der Waals surface area contributed by atoms with E-state index in [1.54, 1.807) is 0 Å². The zero-order valence-electron chi connectivity index (χ0n) is 9.07. The van der Waals surface area contributed by atoms with E-state index in [2.05, 4.69) is 13.2 Å². The molecule has 0 saturated carbocycles. The second-order valence-electron chi connectivity index (χ2n) is 3.37. The Labute approximate surface area is 105 Å². The molecule has 8 heteroatoms. The molecule has 0 radical (unpaired) electrons. The molecule has 0 atom stereocenters. The third kappa shape index (κ3) is 3.26. The van der Waals surface area contributed by atoms with Crippen LogP contribution in [0.25, 0.3) is 9.81 Å². The van der Waals surface area contributed by atoms with Crippen molar-refractivity contribution in [3.8, 4) is 0 Å². The van der Waals surface area contributed by atoms with Crippen LogP contribution in [-0.4, -0.2) is 25.9 Å². The van der Waals surface area contributed by atoms with E-state index in [1.165, 1.54) is 24.3 Å². The first-order valence-corrected chi connectivity index (χ1v) is 7.35. The van der Waals surface area contributed by atoms with E-state index in [0.29, 0.717) is 0 Å². The van der Waals surface area contributed by atoms with E-state index in [-0.39, 0.29) is 11.1 Å². The lowest BCUT2D eigenvalue weighted by molar-refractivity contribution is 0.494. The van der Waals surface area contributed by atoms with Gasteiger partial charge in [-0.1, -0.05) is 37.4 Å². The van der Waals surface area contributed by atoms with Crippen LogP contribution in [0.5, 0.6) is 0 Å². The van der Waals surface area contributed by atoms with Gasteiger partial charge in [0, 0.05) is 0 Å². The normalized spacial score (nSPS) is 12.1. The first-order valence-electron chi connectivity index (χ1n) is 4.47. The van der Waals surface area contributed by atoms with Gasteiger partial charge < -0.3 is 0 Å². The maximum Gasteiger partial charge on any atom is 0.294 e. The molecule has 1 rings (SSSR count). The number of hydrogen-bond donors (Lipinski definition) is 2. The molecule has 0 heterocycles. The molecule has 18 heavy (non-hydrogen) atoms. The van der Waals surface area contributed by atoms with Crippen molar-refractivity contribution in [2.24, 2.45) is 0 Å². The van der Waals surface area contributed by atoms with Crippen molar-refractivity contribution in [1.82, 2.24) is 0 Å². The number of benzene rings is 1. The lowest BCUT2D eigenvalue weighted by atomic mass is 10.1. The quantitative estimate of drug-likeness (QED) is 0.811. The van der Waals surface area contributed by atoms with Gasteiger partial charge in [0.25, 0.3) is 20.2 Å². The first-order chi connectivity index (χ1) is 8.03. The first kappa shape index (κ1) is 14.6. The van der Waals surface area contributed by atoms with Crippen LogP contribution in [-0.2, 0) is 20.2 Å². The van der Waals surface area contributed by atoms with Crippen LogP contribution < -0.4 is 0 Å². The van der Waals surface area contributed by atoms with Gasteiger partial charge in [0.05, 0.1) is 9.81 Å². The molecule has 0 spiro atoms. The van der Waals surface area contributed by atoms with Gasteiger partial charge in [-0.3, -0.25) is 9.11 Å². The fraction of sp³-hybridized carbons (Fsp3) is 0. The van der Waals surface area contributed by atoms with Crippen LogP contribution in [0, 0.1) is 0 Å². The average Bonchev–Trinajstić information content (AvgIpc) is 2.25. The van der Waals surface area contributed by atoms with E-state index >= 15 is 0 Å².